The summed E-state index contributed by atoms with van der Waals surface area (Å²) in [6, 6.07) is 5.70. The molecule has 0 bridgehead atoms. The Labute approximate surface area is 136 Å². The number of halogens is 3. The van der Waals surface area contributed by atoms with Crippen LogP contribution in [0.15, 0.2) is 24.3 Å². The fraction of sp³-hybridized carbons (Fsp3) is 0.500. The molecule has 1 aromatic rings. The number of benzene rings is 1. The van der Waals surface area contributed by atoms with E-state index in [0.29, 0.717) is 12.0 Å². The zero-order valence-corrected chi connectivity index (χ0v) is 12.6. The Morgan fingerprint density at radius 2 is 1.92 bits per heavy atom. The van der Waals surface area contributed by atoms with E-state index in [1.165, 1.54) is 23.1 Å². The second-order valence-electron chi connectivity index (χ2n) is 6.13. The summed E-state index contributed by atoms with van der Waals surface area (Å²) in [5, 5.41) is 8.93. The minimum absolute atomic E-state index is 0.0588. The Kier molecular flexibility index (Phi) is 4.15. The summed E-state index contributed by atoms with van der Waals surface area (Å²) >= 11 is 0. The molecule has 5 nitrogen and oxygen atoms in total. The molecule has 2 fully saturated rings. The third kappa shape index (κ3) is 3.80. The maximum atomic E-state index is 12.5. The van der Waals surface area contributed by atoms with Crippen LogP contribution in [0.3, 0.4) is 0 Å². The lowest BCUT2D eigenvalue weighted by Gasteiger charge is -2.20. The molecule has 2 saturated carbocycles. The summed E-state index contributed by atoms with van der Waals surface area (Å²) < 4.78 is 41.5. The van der Waals surface area contributed by atoms with E-state index in [-0.39, 0.29) is 30.2 Å². The van der Waals surface area contributed by atoms with Crippen LogP contribution in [0.5, 0.6) is 5.75 Å². The van der Waals surface area contributed by atoms with Crippen LogP contribution in [0.25, 0.3) is 0 Å². The normalized spacial score (nSPS) is 22.8. The van der Waals surface area contributed by atoms with Crippen molar-refractivity contribution in [2.45, 2.75) is 37.6 Å². The SMILES string of the molecule is O=C(O)CN(C(=O)[C@H]1C[C@@H]1c1ccccc1OC(F)(F)F)C1CC1. The van der Waals surface area contributed by atoms with Gasteiger partial charge in [0.05, 0.1) is 0 Å². The average molecular weight is 343 g/mol. The summed E-state index contributed by atoms with van der Waals surface area (Å²) in [4.78, 5) is 24.7. The summed E-state index contributed by atoms with van der Waals surface area (Å²) in [5.41, 5.74) is 0.333. The number of carboxylic acids is 1. The van der Waals surface area contributed by atoms with Gasteiger partial charge in [0.2, 0.25) is 5.91 Å². The first-order valence-corrected chi connectivity index (χ1v) is 7.63. The fourth-order valence-electron chi connectivity index (χ4n) is 2.95. The lowest BCUT2D eigenvalue weighted by molar-refractivity contribution is -0.274. The number of alkyl halides is 3. The van der Waals surface area contributed by atoms with E-state index in [1.807, 2.05) is 0 Å². The van der Waals surface area contributed by atoms with Crippen molar-refractivity contribution < 1.29 is 32.6 Å². The maximum Gasteiger partial charge on any atom is 0.573 e. The van der Waals surface area contributed by atoms with Gasteiger partial charge in [0.15, 0.2) is 0 Å². The lowest BCUT2D eigenvalue weighted by Crippen LogP contribution is -2.38. The van der Waals surface area contributed by atoms with Gasteiger partial charge in [0.1, 0.15) is 12.3 Å². The summed E-state index contributed by atoms with van der Waals surface area (Å²) in [6.07, 6.45) is -2.86. The Hall–Kier alpha value is -2.25. The number of carbonyl (C=O) groups excluding carboxylic acids is 1. The Morgan fingerprint density at radius 3 is 2.50 bits per heavy atom. The highest BCUT2D eigenvalue weighted by Crippen LogP contribution is 2.52. The average Bonchev–Trinajstić information content (AvgIpc) is 3.35. The third-order valence-electron chi connectivity index (χ3n) is 4.23. The molecule has 3 rings (SSSR count). The molecule has 24 heavy (non-hydrogen) atoms. The molecule has 0 spiro atoms. The smallest absolute Gasteiger partial charge is 0.480 e. The van der Waals surface area contributed by atoms with E-state index in [0.717, 1.165) is 12.8 Å². The van der Waals surface area contributed by atoms with E-state index >= 15 is 0 Å². The van der Waals surface area contributed by atoms with Gasteiger partial charge in [0, 0.05) is 12.0 Å². The van der Waals surface area contributed by atoms with Crippen LogP contribution in [0.1, 0.15) is 30.7 Å². The molecule has 2 atom stereocenters. The van der Waals surface area contributed by atoms with Gasteiger partial charge >= 0.3 is 12.3 Å². The largest absolute Gasteiger partial charge is 0.573 e. The van der Waals surface area contributed by atoms with E-state index in [2.05, 4.69) is 4.74 Å². The minimum Gasteiger partial charge on any atom is -0.480 e. The third-order valence-corrected chi connectivity index (χ3v) is 4.23. The van der Waals surface area contributed by atoms with Crippen molar-refractivity contribution in [2.24, 2.45) is 5.92 Å². The first-order chi connectivity index (χ1) is 11.3. The second kappa shape index (κ2) is 5.99. The zero-order chi connectivity index (χ0) is 17.5. The lowest BCUT2D eigenvalue weighted by atomic mass is 10.1. The number of nitrogens with zero attached hydrogens (tertiary/aromatic N) is 1. The van der Waals surface area contributed by atoms with Crippen molar-refractivity contribution in [1.29, 1.82) is 0 Å². The van der Waals surface area contributed by atoms with Crippen LogP contribution >= 0.6 is 0 Å². The number of hydrogen-bond donors (Lipinski definition) is 1. The Bertz CT molecular complexity index is 657. The van der Waals surface area contributed by atoms with Crippen LogP contribution < -0.4 is 4.74 Å². The monoisotopic (exact) mass is 343 g/mol. The highest BCUT2D eigenvalue weighted by Gasteiger charge is 2.50. The highest BCUT2D eigenvalue weighted by atomic mass is 19.4. The van der Waals surface area contributed by atoms with Crippen molar-refractivity contribution in [3.8, 4) is 5.75 Å². The molecule has 2 aliphatic carbocycles. The molecule has 2 aliphatic rings. The predicted octanol–water partition coefficient (Wildman–Crippen LogP) is 2.76. The van der Waals surface area contributed by atoms with Gasteiger partial charge in [-0.05, 0) is 36.8 Å². The molecule has 1 amide bonds. The molecule has 0 saturated heterocycles. The molecule has 0 unspecified atom stereocenters. The maximum absolute atomic E-state index is 12.5. The second-order valence-corrected chi connectivity index (χ2v) is 6.13. The molecule has 0 radical (unpaired) electrons. The van der Waals surface area contributed by atoms with Crippen molar-refractivity contribution in [3.63, 3.8) is 0 Å². The molecule has 0 aromatic heterocycles. The number of ether oxygens (including phenoxy) is 1. The summed E-state index contributed by atoms with van der Waals surface area (Å²) in [6.45, 7) is -0.368. The Morgan fingerprint density at radius 1 is 1.25 bits per heavy atom. The number of carboxylic acid groups (broad SMARTS) is 1. The summed E-state index contributed by atoms with van der Waals surface area (Å²) in [7, 11) is 0. The number of aliphatic carboxylic acids is 1. The van der Waals surface area contributed by atoms with Crippen LogP contribution in [-0.4, -0.2) is 40.8 Å². The van der Waals surface area contributed by atoms with Gasteiger partial charge in [-0.25, -0.2) is 0 Å². The number of amides is 1. The van der Waals surface area contributed by atoms with Crippen molar-refractivity contribution >= 4 is 11.9 Å². The molecular weight excluding hydrogens is 327 g/mol. The van der Waals surface area contributed by atoms with E-state index in [9.17, 15) is 22.8 Å². The van der Waals surface area contributed by atoms with Gasteiger partial charge in [-0.15, -0.1) is 13.2 Å². The number of carbonyl (C=O) groups is 2. The van der Waals surface area contributed by atoms with Crippen molar-refractivity contribution in [1.82, 2.24) is 4.90 Å². The van der Waals surface area contributed by atoms with Gasteiger partial charge in [-0.2, -0.15) is 0 Å². The minimum atomic E-state index is -4.80. The first-order valence-electron chi connectivity index (χ1n) is 7.63. The predicted molar refractivity (Wildman–Crippen MR) is 76.3 cm³/mol. The van der Waals surface area contributed by atoms with Crippen molar-refractivity contribution in [2.75, 3.05) is 6.54 Å². The van der Waals surface area contributed by atoms with E-state index in [1.54, 1.807) is 6.07 Å². The van der Waals surface area contributed by atoms with Crippen LogP contribution in [-0.2, 0) is 9.59 Å². The van der Waals surface area contributed by atoms with Crippen molar-refractivity contribution in [3.05, 3.63) is 29.8 Å². The molecule has 0 aliphatic heterocycles. The number of para-hydroxylation sites is 1. The molecule has 0 heterocycles. The Balaban J connectivity index is 1.73. The van der Waals surface area contributed by atoms with E-state index in [4.69, 9.17) is 5.11 Å². The molecule has 1 N–H and O–H groups in total. The van der Waals surface area contributed by atoms with Crippen LogP contribution in [0.2, 0.25) is 0 Å². The zero-order valence-electron chi connectivity index (χ0n) is 12.6. The fourth-order valence-corrected chi connectivity index (χ4v) is 2.95. The number of hydrogen-bond acceptors (Lipinski definition) is 3. The molecule has 8 heteroatoms. The first kappa shape index (κ1) is 16.6. The van der Waals surface area contributed by atoms with Gasteiger partial charge < -0.3 is 14.7 Å². The van der Waals surface area contributed by atoms with Gasteiger partial charge in [0.25, 0.3) is 0 Å². The summed E-state index contributed by atoms with van der Waals surface area (Å²) in [5.74, 6) is -2.55. The van der Waals surface area contributed by atoms with Gasteiger partial charge in [-0.1, -0.05) is 18.2 Å². The van der Waals surface area contributed by atoms with E-state index < -0.39 is 18.2 Å². The molecule has 130 valence electrons. The standard InChI is InChI=1S/C16H16F3NO4/c17-16(18,19)24-13-4-2-1-3-10(13)11-7-12(11)15(23)20(8-14(21)22)9-5-6-9/h1-4,9,11-12H,5-8H2,(H,21,22)/t11-,12+/m1/s1. The molecule has 1 aromatic carbocycles. The van der Waals surface area contributed by atoms with Crippen LogP contribution in [0, 0.1) is 5.92 Å². The highest BCUT2D eigenvalue weighted by molar-refractivity contribution is 5.87. The topological polar surface area (TPSA) is 66.8 Å². The van der Waals surface area contributed by atoms with Crippen LogP contribution in [0.4, 0.5) is 13.2 Å². The quantitative estimate of drug-likeness (QED) is 0.862. The van der Waals surface area contributed by atoms with Gasteiger partial charge in [-0.3, -0.25) is 9.59 Å². The number of rotatable bonds is 6. The molecular formula is C16H16F3NO4.